The van der Waals surface area contributed by atoms with Gasteiger partial charge in [0.25, 0.3) is 0 Å². The molecule has 0 radical (unpaired) electrons. The highest BCUT2D eigenvalue weighted by atomic mass is 16.5. The van der Waals surface area contributed by atoms with Crippen molar-refractivity contribution in [2.75, 3.05) is 13.2 Å². The predicted molar refractivity (Wildman–Crippen MR) is 63.3 cm³/mol. The van der Waals surface area contributed by atoms with Gasteiger partial charge in [0.1, 0.15) is 0 Å². The Morgan fingerprint density at radius 1 is 1.62 bits per heavy atom. The van der Waals surface area contributed by atoms with Crippen LogP contribution in [-0.2, 0) is 11.3 Å². The van der Waals surface area contributed by atoms with Crippen LogP contribution in [0.15, 0.2) is 18.7 Å². The maximum absolute atomic E-state index is 5.59. The number of ether oxygens (including phenoxy) is 1. The Morgan fingerprint density at radius 2 is 2.56 bits per heavy atom. The van der Waals surface area contributed by atoms with Crippen molar-refractivity contribution in [3.8, 4) is 0 Å². The van der Waals surface area contributed by atoms with Crippen LogP contribution in [0.5, 0.6) is 0 Å². The van der Waals surface area contributed by atoms with Crippen molar-refractivity contribution < 1.29 is 4.74 Å². The van der Waals surface area contributed by atoms with E-state index in [0.29, 0.717) is 12.1 Å². The van der Waals surface area contributed by atoms with Gasteiger partial charge in [-0.1, -0.05) is 0 Å². The van der Waals surface area contributed by atoms with E-state index in [0.717, 1.165) is 26.1 Å². The molecule has 1 saturated heterocycles. The van der Waals surface area contributed by atoms with E-state index in [-0.39, 0.29) is 0 Å². The molecule has 2 rings (SSSR count). The normalized spacial score (nSPS) is 22.4. The van der Waals surface area contributed by atoms with E-state index in [9.17, 15) is 0 Å². The molecule has 2 atom stereocenters. The zero-order chi connectivity index (χ0) is 11.2. The Bertz CT molecular complexity index is 280. The summed E-state index contributed by atoms with van der Waals surface area (Å²) < 4.78 is 7.69. The van der Waals surface area contributed by atoms with Crippen LogP contribution in [0.4, 0.5) is 0 Å². The molecule has 1 aliphatic heterocycles. The standard InChI is InChI=1S/C12H21N3O/c1-11(9-15-7-6-13-10-15)14-5-4-12-3-2-8-16-12/h6-7,10-12,14H,2-5,8-9H2,1H3. The molecule has 0 saturated carbocycles. The fourth-order valence-electron chi connectivity index (χ4n) is 2.14. The molecule has 90 valence electrons. The lowest BCUT2D eigenvalue weighted by atomic mass is 10.2. The zero-order valence-electron chi connectivity index (χ0n) is 9.93. The quantitative estimate of drug-likeness (QED) is 0.793. The summed E-state index contributed by atoms with van der Waals surface area (Å²) >= 11 is 0. The van der Waals surface area contributed by atoms with Gasteiger partial charge < -0.3 is 14.6 Å². The maximum Gasteiger partial charge on any atom is 0.0946 e. The second-order valence-corrected chi connectivity index (χ2v) is 4.54. The van der Waals surface area contributed by atoms with Crippen LogP contribution >= 0.6 is 0 Å². The lowest BCUT2D eigenvalue weighted by Gasteiger charge is -2.16. The number of nitrogens with one attached hydrogen (secondary N) is 1. The maximum atomic E-state index is 5.59. The van der Waals surface area contributed by atoms with Crippen LogP contribution in [-0.4, -0.2) is 34.8 Å². The van der Waals surface area contributed by atoms with E-state index >= 15 is 0 Å². The summed E-state index contributed by atoms with van der Waals surface area (Å²) in [6.07, 6.45) is 9.77. The number of aromatic nitrogens is 2. The molecule has 4 nitrogen and oxygen atoms in total. The molecule has 0 spiro atoms. The first-order valence-corrected chi connectivity index (χ1v) is 6.15. The topological polar surface area (TPSA) is 39.1 Å². The molecule has 2 unspecified atom stereocenters. The molecule has 4 heteroatoms. The highest BCUT2D eigenvalue weighted by Gasteiger charge is 2.14. The Morgan fingerprint density at radius 3 is 3.25 bits per heavy atom. The number of hydrogen-bond acceptors (Lipinski definition) is 3. The summed E-state index contributed by atoms with van der Waals surface area (Å²) in [5.41, 5.74) is 0. The molecule has 2 heterocycles. The number of imidazole rings is 1. The summed E-state index contributed by atoms with van der Waals surface area (Å²) in [4.78, 5) is 4.03. The third kappa shape index (κ3) is 3.61. The zero-order valence-corrected chi connectivity index (χ0v) is 9.93. The van der Waals surface area contributed by atoms with Gasteiger partial charge in [0.15, 0.2) is 0 Å². The molecule has 0 aromatic carbocycles. The Kier molecular flexibility index (Phi) is 4.36. The average molecular weight is 223 g/mol. The van der Waals surface area contributed by atoms with Crippen molar-refractivity contribution in [2.45, 2.75) is 44.9 Å². The molecule has 1 aliphatic rings. The lowest BCUT2D eigenvalue weighted by Crippen LogP contribution is -2.32. The summed E-state index contributed by atoms with van der Waals surface area (Å²) in [5, 5.41) is 3.52. The Hall–Kier alpha value is -0.870. The molecule has 16 heavy (non-hydrogen) atoms. The first-order chi connectivity index (χ1) is 7.84. The van der Waals surface area contributed by atoms with E-state index < -0.39 is 0 Å². The Labute approximate surface area is 97.0 Å². The fraction of sp³-hybridized carbons (Fsp3) is 0.750. The van der Waals surface area contributed by atoms with Gasteiger partial charge in [-0.2, -0.15) is 0 Å². The lowest BCUT2D eigenvalue weighted by molar-refractivity contribution is 0.103. The Balaban J connectivity index is 1.58. The first-order valence-electron chi connectivity index (χ1n) is 6.15. The van der Waals surface area contributed by atoms with Crippen LogP contribution in [0.1, 0.15) is 26.2 Å². The van der Waals surface area contributed by atoms with Crippen LogP contribution in [0.3, 0.4) is 0 Å². The number of nitrogens with zero attached hydrogens (tertiary/aromatic N) is 2. The van der Waals surface area contributed by atoms with Crippen molar-refractivity contribution in [1.82, 2.24) is 14.9 Å². The molecule has 0 amide bonds. The van der Waals surface area contributed by atoms with E-state index in [4.69, 9.17) is 4.74 Å². The third-order valence-electron chi connectivity index (χ3n) is 3.03. The van der Waals surface area contributed by atoms with E-state index in [1.807, 2.05) is 18.7 Å². The summed E-state index contributed by atoms with van der Waals surface area (Å²) in [7, 11) is 0. The van der Waals surface area contributed by atoms with Crippen LogP contribution in [0, 0.1) is 0 Å². The molecule has 0 bridgehead atoms. The van der Waals surface area contributed by atoms with E-state index in [1.54, 1.807) is 0 Å². The van der Waals surface area contributed by atoms with Gasteiger partial charge in [-0.15, -0.1) is 0 Å². The van der Waals surface area contributed by atoms with Crippen molar-refractivity contribution >= 4 is 0 Å². The van der Waals surface area contributed by atoms with Gasteiger partial charge in [0, 0.05) is 31.6 Å². The monoisotopic (exact) mass is 223 g/mol. The highest BCUT2D eigenvalue weighted by Crippen LogP contribution is 2.14. The van der Waals surface area contributed by atoms with Crippen LogP contribution in [0.2, 0.25) is 0 Å². The highest BCUT2D eigenvalue weighted by molar-refractivity contribution is 4.76. The minimum absolute atomic E-state index is 0.482. The number of hydrogen-bond donors (Lipinski definition) is 1. The number of rotatable bonds is 6. The van der Waals surface area contributed by atoms with Gasteiger partial charge >= 0.3 is 0 Å². The molecular formula is C12H21N3O. The minimum Gasteiger partial charge on any atom is -0.378 e. The van der Waals surface area contributed by atoms with Crippen molar-refractivity contribution in [1.29, 1.82) is 0 Å². The predicted octanol–water partition coefficient (Wildman–Crippen LogP) is 1.43. The van der Waals surface area contributed by atoms with Gasteiger partial charge in [-0.05, 0) is 32.7 Å². The molecule has 1 N–H and O–H groups in total. The summed E-state index contributed by atoms with van der Waals surface area (Å²) in [6, 6.07) is 0.482. The van der Waals surface area contributed by atoms with Crippen molar-refractivity contribution in [3.63, 3.8) is 0 Å². The van der Waals surface area contributed by atoms with Crippen molar-refractivity contribution in [2.24, 2.45) is 0 Å². The first kappa shape index (κ1) is 11.6. The molecule has 1 fully saturated rings. The van der Waals surface area contributed by atoms with Crippen molar-refractivity contribution in [3.05, 3.63) is 18.7 Å². The largest absolute Gasteiger partial charge is 0.378 e. The summed E-state index contributed by atoms with van der Waals surface area (Å²) in [5.74, 6) is 0. The second-order valence-electron chi connectivity index (χ2n) is 4.54. The molecule has 1 aromatic heterocycles. The second kappa shape index (κ2) is 6.01. The molecular weight excluding hydrogens is 202 g/mol. The van der Waals surface area contributed by atoms with Gasteiger partial charge in [0.2, 0.25) is 0 Å². The molecule has 0 aliphatic carbocycles. The summed E-state index contributed by atoms with van der Waals surface area (Å²) in [6.45, 7) is 5.18. The van der Waals surface area contributed by atoms with Gasteiger partial charge in [0.05, 0.1) is 12.4 Å². The third-order valence-corrected chi connectivity index (χ3v) is 3.03. The van der Waals surface area contributed by atoms with E-state index in [2.05, 4.69) is 21.8 Å². The van der Waals surface area contributed by atoms with E-state index in [1.165, 1.54) is 12.8 Å². The van der Waals surface area contributed by atoms with Gasteiger partial charge in [-0.25, -0.2) is 4.98 Å². The smallest absolute Gasteiger partial charge is 0.0946 e. The molecule has 1 aromatic rings. The van der Waals surface area contributed by atoms with Crippen LogP contribution in [0.25, 0.3) is 0 Å². The SMILES string of the molecule is CC(Cn1ccnc1)NCCC1CCCO1. The fourth-order valence-corrected chi connectivity index (χ4v) is 2.14. The average Bonchev–Trinajstić information content (AvgIpc) is 2.90. The minimum atomic E-state index is 0.482. The van der Waals surface area contributed by atoms with Crippen LogP contribution < -0.4 is 5.32 Å². The van der Waals surface area contributed by atoms with Gasteiger partial charge in [-0.3, -0.25) is 0 Å².